The van der Waals surface area contributed by atoms with Gasteiger partial charge in [-0.3, -0.25) is 0 Å². The summed E-state index contributed by atoms with van der Waals surface area (Å²) in [6.45, 7) is 9.09. The minimum Gasteiger partial charge on any atom is -0.310 e. The minimum atomic E-state index is 0.646. The molecule has 0 rings (SSSR count). The van der Waals surface area contributed by atoms with Gasteiger partial charge in [0.05, 0.1) is 0 Å². The van der Waals surface area contributed by atoms with Crippen molar-refractivity contribution in [3.63, 3.8) is 0 Å². The molecule has 0 aromatic heterocycles. The number of hydrogen-bond donors (Lipinski definition) is 1. The molecule has 0 fully saturated rings. The van der Waals surface area contributed by atoms with Crippen LogP contribution in [0, 0.1) is 5.92 Å². The molecular formula is C10H23NS. The Morgan fingerprint density at radius 1 is 1.25 bits per heavy atom. The zero-order valence-electron chi connectivity index (χ0n) is 9.05. The van der Waals surface area contributed by atoms with Crippen molar-refractivity contribution in [1.29, 1.82) is 0 Å². The molecule has 0 aromatic carbocycles. The summed E-state index contributed by atoms with van der Waals surface area (Å²) < 4.78 is 0. The van der Waals surface area contributed by atoms with E-state index >= 15 is 0 Å². The average molecular weight is 189 g/mol. The first kappa shape index (κ1) is 12.3. The predicted octanol–water partition coefficient (Wildman–Crippen LogP) is 2.76. The molecule has 0 saturated carbocycles. The van der Waals surface area contributed by atoms with Crippen molar-refractivity contribution >= 4 is 11.8 Å². The normalized spacial score (nSPS) is 16.5. The van der Waals surface area contributed by atoms with Crippen LogP contribution in [0.2, 0.25) is 0 Å². The Morgan fingerprint density at radius 2 is 1.83 bits per heavy atom. The maximum absolute atomic E-state index is 3.65. The summed E-state index contributed by atoms with van der Waals surface area (Å²) >= 11 is 1.91. The fourth-order valence-corrected chi connectivity index (χ4v) is 2.04. The van der Waals surface area contributed by atoms with Crippen molar-refractivity contribution in [3.05, 3.63) is 0 Å². The molecule has 0 spiro atoms. The first-order valence-electron chi connectivity index (χ1n) is 4.86. The molecule has 0 saturated heterocycles. The highest BCUT2D eigenvalue weighted by atomic mass is 32.2. The number of nitrogens with one attached hydrogen (secondary N) is 1. The van der Waals surface area contributed by atoms with Crippen LogP contribution in [0.4, 0.5) is 0 Å². The molecule has 2 unspecified atom stereocenters. The molecule has 1 N–H and O–H groups in total. The molecule has 12 heavy (non-hydrogen) atoms. The molecule has 74 valence electrons. The van der Waals surface area contributed by atoms with Crippen LogP contribution in [0.25, 0.3) is 0 Å². The van der Waals surface area contributed by atoms with Crippen molar-refractivity contribution < 1.29 is 0 Å². The lowest BCUT2D eigenvalue weighted by atomic mass is 10.0. The monoisotopic (exact) mass is 189 g/mol. The Morgan fingerprint density at radius 3 is 2.17 bits per heavy atom. The minimum absolute atomic E-state index is 0.646. The zero-order valence-corrected chi connectivity index (χ0v) is 9.87. The van der Waals surface area contributed by atoms with Crippen LogP contribution < -0.4 is 5.32 Å². The standard InChI is InChI=1S/C10H23NS/c1-6-10(8(2)3)11-9(4)7-12-5/h8-11H,6-7H2,1-5H3. The van der Waals surface area contributed by atoms with E-state index < -0.39 is 0 Å². The topological polar surface area (TPSA) is 12.0 Å². The number of rotatable bonds is 6. The second kappa shape index (κ2) is 6.79. The Balaban J connectivity index is 3.69. The molecule has 2 atom stereocenters. The summed E-state index contributed by atoms with van der Waals surface area (Å²) in [5, 5.41) is 3.65. The summed E-state index contributed by atoms with van der Waals surface area (Å²) in [5.41, 5.74) is 0. The van der Waals surface area contributed by atoms with Gasteiger partial charge in [-0.1, -0.05) is 20.8 Å². The third-order valence-electron chi connectivity index (χ3n) is 2.16. The van der Waals surface area contributed by atoms with Crippen LogP contribution in [0.15, 0.2) is 0 Å². The first-order chi connectivity index (χ1) is 5.61. The average Bonchev–Trinajstić information content (AvgIpc) is 2.00. The van der Waals surface area contributed by atoms with E-state index in [1.807, 2.05) is 11.8 Å². The lowest BCUT2D eigenvalue weighted by Crippen LogP contribution is -2.40. The maximum Gasteiger partial charge on any atom is 0.0132 e. The SMILES string of the molecule is CCC(NC(C)CSC)C(C)C. The lowest BCUT2D eigenvalue weighted by molar-refractivity contribution is 0.364. The Hall–Kier alpha value is 0.310. The molecule has 0 aliphatic rings. The number of thioether (sulfide) groups is 1. The quantitative estimate of drug-likeness (QED) is 0.689. The largest absolute Gasteiger partial charge is 0.310 e. The fraction of sp³-hybridized carbons (Fsp3) is 1.00. The summed E-state index contributed by atoms with van der Waals surface area (Å²) in [6, 6.07) is 1.33. The van der Waals surface area contributed by atoms with E-state index in [1.165, 1.54) is 12.2 Å². The number of hydrogen-bond acceptors (Lipinski definition) is 2. The van der Waals surface area contributed by atoms with Gasteiger partial charge < -0.3 is 5.32 Å². The van der Waals surface area contributed by atoms with Gasteiger partial charge in [-0.2, -0.15) is 11.8 Å². The lowest BCUT2D eigenvalue weighted by Gasteiger charge is -2.24. The third kappa shape index (κ3) is 5.04. The van der Waals surface area contributed by atoms with Crippen LogP contribution in [0.3, 0.4) is 0 Å². The van der Waals surface area contributed by atoms with Crippen molar-refractivity contribution in [2.24, 2.45) is 5.92 Å². The van der Waals surface area contributed by atoms with Crippen LogP contribution in [0.5, 0.6) is 0 Å². The van der Waals surface area contributed by atoms with Gasteiger partial charge in [-0.15, -0.1) is 0 Å². The molecule has 2 heteroatoms. The molecule has 0 aliphatic heterocycles. The van der Waals surface area contributed by atoms with E-state index in [9.17, 15) is 0 Å². The van der Waals surface area contributed by atoms with E-state index in [-0.39, 0.29) is 0 Å². The summed E-state index contributed by atoms with van der Waals surface area (Å²) in [5.74, 6) is 1.96. The van der Waals surface area contributed by atoms with Gasteiger partial charge in [0.1, 0.15) is 0 Å². The molecule has 0 aromatic rings. The molecule has 1 nitrogen and oxygen atoms in total. The van der Waals surface area contributed by atoms with E-state index in [0.717, 1.165) is 5.92 Å². The first-order valence-corrected chi connectivity index (χ1v) is 6.26. The van der Waals surface area contributed by atoms with Crippen LogP contribution >= 0.6 is 11.8 Å². The fourth-order valence-electron chi connectivity index (χ4n) is 1.45. The van der Waals surface area contributed by atoms with Crippen LogP contribution in [-0.4, -0.2) is 24.1 Å². The van der Waals surface area contributed by atoms with Crippen LogP contribution in [-0.2, 0) is 0 Å². The second-order valence-corrected chi connectivity index (χ2v) is 4.69. The van der Waals surface area contributed by atoms with Gasteiger partial charge >= 0.3 is 0 Å². The highest BCUT2D eigenvalue weighted by Gasteiger charge is 2.12. The molecule has 0 radical (unpaired) electrons. The van der Waals surface area contributed by atoms with E-state index in [1.54, 1.807) is 0 Å². The van der Waals surface area contributed by atoms with E-state index in [0.29, 0.717) is 12.1 Å². The van der Waals surface area contributed by atoms with Gasteiger partial charge in [-0.25, -0.2) is 0 Å². The second-order valence-electron chi connectivity index (χ2n) is 3.78. The van der Waals surface area contributed by atoms with Gasteiger partial charge in [-0.05, 0) is 25.5 Å². The maximum atomic E-state index is 3.65. The molecule has 0 amide bonds. The Kier molecular flexibility index (Phi) is 6.96. The van der Waals surface area contributed by atoms with E-state index in [2.05, 4.69) is 39.3 Å². The third-order valence-corrected chi connectivity index (χ3v) is 2.99. The van der Waals surface area contributed by atoms with Gasteiger partial charge in [0.25, 0.3) is 0 Å². The summed E-state index contributed by atoms with van der Waals surface area (Å²) in [4.78, 5) is 0. The van der Waals surface area contributed by atoms with Crippen molar-refractivity contribution in [1.82, 2.24) is 5.32 Å². The highest BCUT2D eigenvalue weighted by Crippen LogP contribution is 2.07. The summed E-state index contributed by atoms with van der Waals surface area (Å²) in [6.07, 6.45) is 3.39. The van der Waals surface area contributed by atoms with Crippen LogP contribution in [0.1, 0.15) is 34.1 Å². The van der Waals surface area contributed by atoms with Crippen molar-refractivity contribution in [3.8, 4) is 0 Å². The summed E-state index contributed by atoms with van der Waals surface area (Å²) in [7, 11) is 0. The van der Waals surface area contributed by atoms with E-state index in [4.69, 9.17) is 0 Å². The molecule has 0 heterocycles. The van der Waals surface area contributed by atoms with Gasteiger partial charge in [0.15, 0.2) is 0 Å². The molecule has 0 bridgehead atoms. The van der Waals surface area contributed by atoms with Crippen molar-refractivity contribution in [2.75, 3.05) is 12.0 Å². The highest BCUT2D eigenvalue weighted by molar-refractivity contribution is 7.98. The predicted molar refractivity (Wildman–Crippen MR) is 59.9 cm³/mol. The molecular weight excluding hydrogens is 166 g/mol. The Labute approximate surface area is 81.7 Å². The Bertz CT molecular complexity index is 104. The van der Waals surface area contributed by atoms with Gasteiger partial charge in [0, 0.05) is 17.8 Å². The zero-order chi connectivity index (χ0) is 9.56. The van der Waals surface area contributed by atoms with Gasteiger partial charge in [0.2, 0.25) is 0 Å². The molecule has 0 aliphatic carbocycles. The smallest absolute Gasteiger partial charge is 0.0132 e. The van der Waals surface area contributed by atoms with Crippen molar-refractivity contribution in [2.45, 2.75) is 46.2 Å².